The van der Waals surface area contributed by atoms with Crippen molar-refractivity contribution in [2.45, 2.75) is 30.0 Å². The minimum Gasteiger partial charge on any atom is -0.387 e. The summed E-state index contributed by atoms with van der Waals surface area (Å²) < 4.78 is 7.16. The van der Waals surface area contributed by atoms with Crippen molar-refractivity contribution < 1.29 is 20.1 Å². The second-order valence-corrected chi connectivity index (χ2v) is 7.57. The van der Waals surface area contributed by atoms with Gasteiger partial charge in [-0.1, -0.05) is 0 Å². The summed E-state index contributed by atoms with van der Waals surface area (Å²) in [5, 5.41) is 30.5. The maximum atomic E-state index is 10.3. The maximum absolute atomic E-state index is 10.3. The summed E-state index contributed by atoms with van der Waals surface area (Å²) in [5.74, 6) is 0.219. The van der Waals surface area contributed by atoms with Crippen molar-refractivity contribution in [2.24, 2.45) is 0 Å². The third-order valence-corrected chi connectivity index (χ3v) is 4.93. The van der Waals surface area contributed by atoms with Crippen LogP contribution in [-0.2, 0) is 15.6 Å². The molecule has 0 spiro atoms. The molecule has 3 rings (SSSR count). The molecule has 3 heterocycles. The molecule has 120 valence electrons. The molecule has 5 atom stereocenters. The predicted molar refractivity (Wildman–Crippen MR) is 80.9 cm³/mol. The lowest BCUT2D eigenvalue weighted by Gasteiger charge is -2.18. The van der Waals surface area contributed by atoms with Gasteiger partial charge in [-0.3, -0.25) is 4.57 Å². The molecule has 9 nitrogen and oxygen atoms in total. The average Bonchev–Trinajstić information content (AvgIpc) is 3.02. The Morgan fingerprint density at radius 3 is 2.68 bits per heavy atom. The SMILES string of the molecule is C[S+](C)C(O)[C@H]1O[C@@H](n2cnc3c(N)ncnc32)[C@H](O)[C@@H]1O. The Hall–Kier alpha value is -1.46. The van der Waals surface area contributed by atoms with Crippen molar-refractivity contribution in [2.75, 3.05) is 18.2 Å². The largest absolute Gasteiger partial charge is 0.387 e. The molecule has 1 aliphatic heterocycles. The number of nitrogens with two attached hydrogens (primary N) is 1. The highest BCUT2D eigenvalue weighted by Crippen LogP contribution is 2.34. The molecule has 1 aliphatic rings. The van der Waals surface area contributed by atoms with Gasteiger partial charge in [-0.05, 0) is 0 Å². The van der Waals surface area contributed by atoms with E-state index in [1.807, 2.05) is 12.5 Å². The topological polar surface area (TPSA) is 140 Å². The minimum atomic E-state index is -1.21. The fourth-order valence-electron chi connectivity index (χ4n) is 2.48. The van der Waals surface area contributed by atoms with Crippen LogP contribution in [0.5, 0.6) is 0 Å². The molecule has 1 unspecified atom stereocenters. The van der Waals surface area contributed by atoms with E-state index in [-0.39, 0.29) is 16.7 Å². The van der Waals surface area contributed by atoms with E-state index in [2.05, 4.69) is 15.0 Å². The lowest BCUT2D eigenvalue weighted by molar-refractivity contribution is -0.0600. The normalized spacial score (nSPS) is 30.3. The Balaban J connectivity index is 1.96. The Morgan fingerprint density at radius 1 is 1.27 bits per heavy atom. The molecule has 22 heavy (non-hydrogen) atoms. The average molecular weight is 328 g/mol. The van der Waals surface area contributed by atoms with E-state index in [4.69, 9.17) is 10.5 Å². The number of anilines is 1. The Morgan fingerprint density at radius 2 is 2.00 bits per heavy atom. The molecule has 0 radical (unpaired) electrons. The number of aromatic nitrogens is 4. The van der Waals surface area contributed by atoms with Gasteiger partial charge >= 0.3 is 0 Å². The Labute approximate surface area is 129 Å². The van der Waals surface area contributed by atoms with Crippen LogP contribution in [0.25, 0.3) is 11.2 Å². The van der Waals surface area contributed by atoms with Gasteiger partial charge in [-0.15, -0.1) is 0 Å². The van der Waals surface area contributed by atoms with Crippen LogP contribution in [0.3, 0.4) is 0 Å². The van der Waals surface area contributed by atoms with Crippen LogP contribution in [0.4, 0.5) is 5.82 Å². The fourth-order valence-corrected chi connectivity index (χ4v) is 3.24. The molecular formula is C12H18N5O4S+. The molecule has 0 bridgehead atoms. The summed E-state index contributed by atoms with van der Waals surface area (Å²) in [7, 11) is -0.389. The van der Waals surface area contributed by atoms with E-state index < -0.39 is 30.0 Å². The summed E-state index contributed by atoms with van der Waals surface area (Å²) in [5.41, 5.74) is 5.64. The number of imidazole rings is 1. The van der Waals surface area contributed by atoms with Crippen molar-refractivity contribution in [3.05, 3.63) is 12.7 Å². The molecule has 1 fully saturated rings. The molecular weight excluding hydrogens is 310 g/mol. The molecule has 0 aromatic carbocycles. The van der Waals surface area contributed by atoms with Crippen molar-refractivity contribution >= 4 is 27.9 Å². The first kappa shape index (κ1) is 15.4. The number of aliphatic hydroxyl groups excluding tert-OH is 3. The summed E-state index contributed by atoms with van der Waals surface area (Å²) in [6.45, 7) is 0. The third-order valence-electron chi connectivity index (χ3n) is 3.70. The van der Waals surface area contributed by atoms with Gasteiger partial charge in [0.25, 0.3) is 0 Å². The molecule has 0 saturated carbocycles. The first-order valence-corrected chi connectivity index (χ1v) is 8.71. The monoisotopic (exact) mass is 328 g/mol. The highest BCUT2D eigenvalue weighted by Gasteiger charge is 2.50. The van der Waals surface area contributed by atoms with E-state index in [0.717, 1.165) is 0 Å². The lowest BCUT2D eigenvalue weighted by atomic mass is 10.1. The number of hydrogen-bond donors (Lipinski definition) is 4. The van der Waals surface area contributed by atoms with Crippen LogP contribution in [0.2, 0.25) is 0 Å². The maximum Gasteiger partial charge on any atom is 0.244 e. The first-order chi connectivity index (χ1) is 10.4. The van der Waals surface area contributed by atoms with Crippen molar-refractivity contribution in [3.63, 3.8) is 0 Å². The molecule has 2 aromatic rings. The van der Waals surface area contributed by atoms with Gasteiger partial charge in [-0.25, -0.2) is 15.0 Å². The van der Waals surface area contributed by atoms with Gasteiger partial charge in [-0.2, -0.15) is 0 Å². The summed E-state index contributed by atoms with van der Waals surface area (Å²) in [6, 6.07) is 0. The second kappa shape index (κ2) is 5.63. The number of fused-ring (bicyclic) bond motifs is 1. The van der Waals surface area contributed by atoms with Crippen molar-refractivity contribution in [1.82, 2.24) is 19.5 Å². The predicted octanol–water partition coefficient (Wildman–Crippen LogP) is -1.78. The molecule has 2 aromatic heterocycles. The number of ether oxygens (including phenoxy) is 1. The van der Waals surface area contributed by atoms with E-state index >= 15 is 0 Å². The summed E-state index contributed by atoms with van der Waals surface area (Å²) in [4.78, 5) is 12.0. The number of hydrogen-bond acceptors (Lipinski definition) is 8. The smallest absolute Gasteiger partial charge is 0.244 e. The van der Waals surface area contributed by atoms with E-state index in [1.54, 1.807) is 0 Å². The summed E-state index contributed by atoms with van der Waals surface area (Å²) in [6.07, 6.45) is 2.18. The Bertz CT molecular complexity index is 681. The van der Waals surface area contributed by atoms with Crippen LogP contribution < -0.4 is 5.73 Å². The van der Waals surface area contributed by atoms with Gasteiger partial charge < -0.3 is 25.8 Å². The van der Waals surface area contributed by atoms with E-state index in [1.165, 1.54) is 17.2 Å². The quantitative estimate of drug-likeness (QED) is 0.485. The van der Waals surface area contributed by atoms with Crippen molar-refractivity contribution in [1.29, 1.82) is 0 Å². The van der Waals surface area contributed by atoms with Gasteiger partial charge in [0, 0.05) is 10.9 Å². The Kier molecular flexibility index (Phi) is 3.95. The fraction of sp³-hybridized carbons (Fsp3) is 0.583. The standard InChI is InChI=1S/C12H18N5O4S/c1-22(2)12(20)8-6(18)7(19)11(21-8)17-4-16-5-9(13)14-3-15-10(5)17/h3-4,6-8,11-12,18-20H,1-2H3,(H2,13,14,15)/q+1/t6-,7+,8-,11+,12?/m0/s1. The van der Waals surface area contributed by atoms with E-state index in [0.29, 0.717) is 11.2 Å². The van der Waals surface area contributed by atoms with Gasteiger partial charge in [0.05, 0.1) is 18.8 Å². The summed E-state index contributed by atoms with van der Waals surface area (Å²) >= 11 is 0. The van der Waals surface area contributed by atoms with Crippen LogP contribution in [0.1, 0.15) is 6.23 Å². The lowest BCUT2D eigenvalue weighted by Crippen LogP contribution is -2.42. The highest BCUT2D eigenvalue weighted by atomic mass is 32.2. The molecule has 10 heteroatoms. The van der Waals surface area contributed by atoms with E-state index in [9.17, 15) is 15.3 Å². The van der Waals surface area contributed by atoms with Gasteiger partial charge in [0.1, 0.15) is 24.1 Å². The van der Waals surface area contributed by atoms with Crippen molar-refractivity contribution in [3.8, 4) is 0 Å². The van der Waals surface area contributed by atoms with Crippen LogP contribution in [0, 0.1) is 0 Å². The number of nitrogens with zero attached hydrogens (tertiary/aromatic N) is 4. The molecule has 5 N–H and O–H groups in total. The van der Waals surface area contributed by atoms with Crippen LogP contribution >= 0.6 is 0 Å². The second-order valence-electron chi connectivity index (χ2n) is 5.33. The third kappa shape index (κ3) is 2.32. The van der Waals surface area contributed by atoms with Gasteiger partial charge in [0.2, 0.25) is 5.44 Å². The number of aliphatic hydroxyl groups is 3. The highest BCUT2D eigenvalue weighted by molar-refractivity contribution is 7.95. The van der Waals surface area contributed by atoms with Crippen LogP contribution in [-0.4, -0.2) is 71.1 Å². The van der Waals surface area contributed by atoms with Crippen LogP contribution in [0.15, 0.2) is 12.7 Å². The number of nitrogen functional groups attached to an aromatic ring is 1. The zero-order chi connectivity index (χ0) is 16.0. The number of rotatable bonds is 3. The molecule has 1 saturated heterocycles. The molecule has 0 amide bonds. The zero-order valence-electron chi connectivity index (χ0n) is 12.1. The minimum absolute atomic E-state index is 0.219. The van der Waals surface area contributed by atoms with Gasteiger partial charge in [0.15, 0.2) is 23.8 Å². The molecule has 0 aliphatic carbocycles. The zero-order valence-corrected chi connectivity index (χ0v) is 12.9. The first-order valence-electron chi connectivity index (χ1n) is 6.61.